The first kappa shape index (κ1) is 11.7. The number of ether oxygens (including phenoxy) is 1. The summed E-state index contributed by atoms with van der Waals surface area (Å²) in [5.41, 5.74) is 3.22. The molecule has 0 bridgehead atoms. The molecule has 0 aliphatic heterocycles. The second-order valence-electron chi connectivity index (χ2n) is 4.62. The zero-order valence-electron chi connectivity index (χ0n) is 11.1. The van der Waals surface area contributed by atoms with E-state index in [0.717, 1.165) is 22.4 Å². The van der Waals surface area contributed by atoms with E-state index in [4.69, 9.17) is 4.74 Å². The van der Waals surface area contributed by atoms with Gasteiger partial charge in [0.1, 0.15) is 5.75 Å². The summed E-state index contributed by atoms with van der Waals surface area (Å²) in [6.45, 7) is 2.10. The number of pyridine rings is 1. The summed E-state index contributed by atoms with van der Waals surface area (Å²) in [5.74, 6) is 0.849. The fourth-order valence-corrected chi connectivity index (χ4v) is 2.26. The van der Waals surface area contributed by atoms with Crippen molar-refractivity contribution in [2.24, 2.45) is 0 Å². The number of aryl methyl sites for hydroxylation is 1. The number of para-hydroxylation sites is 1. The van der Waals surface area contributed by atoms with Crippen molar-refractivity contribution in [2.75, 3.05) is 7.11 Å². The van der Waals surface area contributed by atoms with E-state index < -0.39 is 0 Å². The standard InChI is InChI=1S/C17H15NO/c1-12-7-8-13-11-18-16(10-14(13)9-12)15-5-3-4-6-17(15)19-2/h3-11H,1-2H3. The summed E-state index contributed by atoms with van der Waals surface area (Å²) in [7, 11) is 1.68. The quantitative estimate of drug-likeness (QED) is 0.678. The van der Waals surface area contributed by atoms with Gasteiger partial charge in [-0.05, 0) is 30.5 Å². The highest BCUT2D eigenvalue weighted by Gasteiger charge is 2.06. The molecule has 0 aliphatic rings. The van der Waals surface area contributed by atoms with Gasteiger partial charge in [0.2, 0.25) is 0 Å². The average Bonchev–Trinajstić information content (AvgIpc) is 2.46. The van der Waals surface area contributed by atoms with Crippen molar-refractivity contribution in [1.82, 2.24) is 4.98 Å². The Balaban J connectivity index is 2.20. The molecule has 2 nitrogen and oxygen atoms in total. The second kappa shape index (κ2) is 4.73. The number of aromatic nitrogens is 1. The van der Waals surface area contributed by atoms with Gasteiger partial charge in [-0.2, -0.15) is 0 Å². The molecule has 3 rings (SSSR count). The molecule has 0 radical (unpaired) electrons. The number of fused-ring (bicyclic) bond motifs is 1. The van der Waals surface area contributed by atoms with Crippen LogP contribution < -0.4 is 4.74 Å². The number of benzene rings is 2. The van der Waals surface area contributed by atoms with Gasteiger partial charge >= 0.3 is 0 Å². The molecule has 1 aromatic heterocycles. The highest BCUT2D eigenvalue weighted by atomic mass is 16.5. The van der Waals surface area contributed by atoms with Crippen molar-refractivity contribution in [3.05, 3.63) is 60.3 Å². The molecule has 0 saturated carbocycles. The Morgan fingerprint density at radius 1 is 0.947 bits per heavy atom. The van der Waals surface area contributed by atoms with Gasteiger partial charge in [0.25, 0.3) is 0 Å². The fourth-order valence-electron chi connectivity index (χ4n) is 2.26. The molecule has 0 spiro atoms. The zero-order valence-corrected chi connectivity index (χ0v) is 11.1. The minimum atomic E-state index is 0.849. The van der Waals surface area contributed by atoms with Crippen LogP contribution in [0.5, 0.6) is 5.75 Å². The molecule has 1 heterocycles. The van der Waals surface area contributed by atoms with E-state index in [1.54, 1.807) is 7.11 Å². The first-order valence-electron chi connectivity index (χ1n) is 6.28. The molecule has 0 aliphatic carbocycles. The number of hydrogen-bond acceptors (Lipinski definition) is 2. The number of nitrogens with zero attached hydrogens (tertiary/aromatic N) is 1. The SMILES string of the molecule is COc1ccccc1-c1cc2cc(C)ccc2cn1. The Labute approximate surface area is 112 Å². The molecule has 0 fully saturated rings. The van der Waals surface area contributed by atoms with E-state index in [0.29, 0.717) is 0 Å². The van der Waals surface area contributed by atoms with Crippen LogP contribution in [0.2, 0.25) is 0 Å². The van der Waals surface area contributed by atoms with Crippen LogP contribution in [0, 0.1) is 6.92 Å². The third-order valence-electron chi connectivity index (χ3n) is 3.26. The van der Waals surface area contributed by atoms with Gasteiger partial charge in [-0.3, -0.25) is 4.98 Å². The Morgan fingerprint density at radius 3 is 2.63 bits per heavy atom. The van der Waals surface area contributed by atoms with Crippen LogP contribution in [-0.4, -0.2) is 12.1 Å². The third kappa shape index (κ3) is 2.17. The highest BCUT2D eigenvalue weighted by molar-refractivity contribution is 5.86. The molecule has 0 N–H and O–H groups in total. The third-order valence-corrected chi connectivity index (χ3v) is 3.26. The molecule has 3 aromatic rings. The minimum Gasteiger partial charge on any atom is -0.496 e. The number of hydrogen-bond donors (Lipinski definition) is 0. The average molecular weight is 249 g/mol. The normalized spacial score (nSPS) is 10.6. The molecule has 19 heavy (non-hydrogen) atoms. The largest absolute Gasteiger partial charge is 0.496 e. The van der Waals surface area contributed by atoms with Crippen LogP contribution in [0.3, 0.4) is 0 Å². The zero-order chi connectivity index (χ0) is 13.2. The van der Waals surface area contributed by atoms with Crippen LogP contribution in [0.1, 0.15) is 5.56 Å². The Hall–Kier alpha value is -2.35. The number of rotatable bonds is 2. The van der Waals surface area contributed by atoms with Crippen LogP contribution >= 0.6 is 0 Å². The maximum atomic E-state index is 5.40. The molecule has 0 unspecified atom stereocenters. The van der Waals surface area contributed by atoms with Crippen molar-refractivity contribution in [3.8, 4) is 17.0 Å². The van der Waals surface area contributed by atoms with E-state index in [2.05, 4.69) is 36.2 Å². The summed E-state index contributed by atoms with van der Waals surface area (Å²) in [5, 5.41) is 2.36. The second-order valence-corrected chi connectivity index (χ2v) is 4.62. The smallest absolute Gasteiger partial charge is 0.128 e. The molecule has 0 amide bonds. The van der Waals surface area contributed by atoms with Gasteiger partial charge in [-0.1, -0.05) is 35.9 Å². The van der Waals surface area contributed by atoms with Crippen molar-refractivity contribution in [2.45, 2.75) is 6.92 Å². The van der Waals surface area contributed by atoms with Crippen molar-refractivity contribution in [1.29, 1.82) is 0 Å². The molecular weight excluding hydrogens is 234 g/mol. The lowest BCUT2D eigenvalue weighted by atomic mass is 10.1. The lowest BCUT2D eigenvalue weighted by Crippen LogP contribution is -1.90. The van der Waals surface area contributed by atoms with Crippen molar-refractivity contribution in [3.63, 3.8) is 0 Å². The molecule has 0 atom stereocenters. The number of methoxy groups -OCH3 is 1. The molecule has 2 aromatic carbocycles. The lowest BCUT2D eigenvalue weighted by molar-refractivity contribution is 0.416. The summed E-state index contributed by atoms with van der Waals surface area (Å²) in [6, 6.07) is 16.4. The lowest BCUT2D eigenvalue weighted by Gasteiger charge is -2.08. The van der Waals surface area contributed by atoms with E-state index >= 15 is 0 Å². The fraction of sp³-hybridized carbons (Fsp3) is 0.118. The van der Waals surface area contributed by atoms with Gasteiger partial charge in [-0.25, -0.2) is 0 Å². The molecular formula is C17H15NO. The first-order chi connectivity index (χ1) is 9.28. The Morgan fingerprint density at radius 2 is 1.79 bits per heavy atom. The summed E-state index contributed by atoms with van der Waals surface area (Å²) in [6.07, 6.45) is 1.91. The van der Waals surface area contributed by atoms with Crippen molar-refractivity contribution >= 4 is 10.8 Å². The van der Waals surface area contributed by atoms with Gasteiger partial charge in [-0.15, -0.1) is 0 Å². The van der Waals surface area contributed by atoms with Gasteiger partial charge in [0.05, 0.1) is 12.8 Å². The molecule has 2 heteroatoms. The van der Waals surface area contributed by atoms with Crippen LogP contribution in [0.15, 0.2) is 54.7 Å². The minimum absolute atomic E-state index is 0.849. The van der Waals surface area contributed by atoms with E-state index in [9.17, 15) is 0 Å². The molecule has 0 saturated heterocycles. The van der Waals surface area contributed by atoms with Crippen LogP contribution in [0.4, 0.5) is 0 Å². The monoisotopic (exact) mass is 249 g/mol. The summed E-state index contributed by atoms with van der Waals surface area (Å²) >= 11 is 0. The van der Waals surface area contributed by atoms with Gasteiger partial charge in [0.15, 0.2) is 0 Å². The van der Waals surface area contributed by atoms with E-state index in [-0.39, 0.29) is 0 Å². The Kier molecular flexibility index (Phi) is 2.92. The van der Waals surface area contributed by atoms with Crippen LogP contribution in [0.25, 0.3) is 22.0 Å². The molecule has 94 valence electrons. The highest BCUT2D eigenvalue weighted by Crippen LogP contribution is 2.29. The van der Waals surface area contributed by atoms with Gasteiger partial charge < -0.3 is 4.74 Å². The first-order valence-corrected chi connectivity index (χ1v) is 6.28. The van der Waals surface area contributed by atoms with Crippen molar-refractivity contribution < 1.29 is 4.74 Å². The van der Waals surface area contributed by atoms with Gasteiger partial charge in [0, 0.05) is 17.1 Å². The Bertz CT molecular complexity index is 734. The van der Waals surface area contributed by atoms with E-state index in [1.165, 1.54) is 10.9 Å². The maximum Gasteiger partial charge on any atom is 0.128 e. The predicted molar refractivity (Wildman–Crippen MR) is 78.5 cm³/mol. The van der Waals surface area contributed by atoms with E-state index in [1.807, 2.05) is 30.5 Å². The topological polar surface area (TPSA) is 22.1 Å². The summed E-state index contributed by atoms with van der Waals surface area (Å²) < 4.78 is 5.40. The maximum absolute atomic E-state index is 5.40. The predicted octanol–water partition coefficient (Wildman–Crippen LogP) is 4.22. The summed E-state index contributed by atoms with van der Waals surface area (Å²) in [4.78, 5) is 4.54. The van der Waals surface area contributed by atoms with Crippen LogP contribution in [-0.2, 0) is 0 Å².